The summed E-state index contributed by atoms with van der Waals surface area (Å²) in [6.07, 6.45) is 3.64. The fraction of sp³-hybridized carbons (Fsp3) is 0.750. The van der Waals surface area contributed by atoms with Crippen LogP contribution in [0, 0.1) is 28.6 Å². The Hall–Kier alpha value is -2.56. The standard InChI is InChI=1S/C32H42O10/c1-16-13-25(41-27(36)17(16)2)29(6,37)31(38)12-10-22-20-14-26-32(42-26)24(40-19(4)34)8-7-23(35)28(32,5)21(20)9-11-30(22,31)15-39-18(3)33/h7-8,20-22,24-26,37-38H,9-15H2,1-6H3/t20-,21+,22?,24+,25?,26-,28+,29?,30-,31-,32-/m1/s1. The van der Waals surface area contributed by atoms with Gasteiger partial charge in [-0.1, -0.05) is 5.57 Å². The van der Waals surface area contributed by atoms with Gasteiger partial charge in [0.05, 0.1) is 11.5 Å². The zero-order valence-electron chi connectivity index (χ0n) is 25.2. The van der Waals surface area contributed by atoms with Gasteiger partial charge in [-0.2, -0.15) is 0 Å². The highest BCUT2D eigenvalue weighted by Crippen LogP contribution is 2.74. The highest BCUT2D eigenvalue weighted by molar-refractivity contribution is 5.98. The van der Waals surface area contributed by atoms with Crippen LogP contribution in [0.1, 0.15) is 80.1 Å². The smallest absolute Gasteiger partial charge is 0.334 e. The summed E-state index contributed by atoms with van der Waals surface area (Å²) in [6.45, 7) is 9.51. The van der Waals surface area contributed by atoms with Crippen LogP contribution in [0.25, 0.3) is 0 Å². The zero-order chi connectivity index (χ0) is 30.6. The molecule has 3 unspecified atom stereocenters. The van der Waals surface area contributed by atoms with Gasteiger partial charge in [-0.25, -0.2) is 4.79 Å². The van der Waals surface area contributed by atoms with Crippen LogP contribution in [-0.2, 0) is 38.1 Å². The van der Waals surface area contributed by atoms with Gasteiger partial charge in [-0.05, 0) is 89.7 Å². The van der Waals surface area contributed by atoms with Crippen LogP contribution >= 0.6 is 0 Å². The van der Waals surface area contributed by atoms with Crippen molar-refractivity contribution < 1.29 is 48.3 Å². The summed E-state index contributed by atoms with van der Waals surface area (Å²) in [5.74, 6) is -1.96. The number of ether oxygens (including phenoxy) is 4. The van der Waals surface area contributed by atoms with E-state index in [9.17, 15) is 29.4 Å². The summed E-state index contributed by atoms with van der Waals surface area (Å²) in [5, 5.41) is 24.9. The normalized spacial score (nSPS) is 46.9. The molecule has 6 rings (SSSR count). The van der Waals surface area contributed by atoms with Gasteiger partial charge in [0.15, 0.2) is 11.9 Å². The topological polar surface area (TPSA) is 149 Å². The molecule has 2 aliphatic heterocycles. The molecule has 230 valence electrons. The predicted octanol–water partition coefficient (Wildman–Crippen LogP) is 2.72. The van der Waals surface area contributed by atoms with Crippen LogP contribution in [-0.4, -0.2) is 75.6 Å². The molecule has 1 spiro atoms. The molecule has 0 amide bonds. The van der Waals surface area contributed by atoms with E-state index in [0.717, 1.165) is 5.57 Å². The number of rotatable bonds is 5. The maximum atomic E-state index is 13.7. The van der Waals surface area contributed by atoms with Gasteiger partial charge in [0.2, 0.25) is 0 Å². The summed E-state index contributed by atoms with van der Waals surface area (Å²) in [4.78, 5) is 50.5. The summed E-state index contributed by atoms with van der Waals surface area (Å²) < 4.78 is 23.4. The molecular weight excluding hydrogens is 544 g/mol. The van der Waals surface area contributed by atoms with E-state index in [1.807, 2.05) is 13.8 Å². The molecule has 10 nitrogen and oxygen atoms in total. The van der Waals surface area contributed by atoms with Crippen molar-refractivity contribution in [3.05, 3.63) is 23.3 Å². The number of fused-ring (bicyclic) bond motifs is 4. The molecule has 11 atom stereocenters. The molecule has 2 heterocycles. The predicted molar refractivity (Wildman–Crippen MR) is 146 cm³/mol. The van der Waals surface area contributed by atoms with Crippen LogP contribution in [0.5, 0.6) is 0 Å². The molecule has 0 aromatic carbocycles. The Morgan fingerprint density at radius 1 is 1.12 bits per heavy atom. The Morgan fingerprint density at radius 2 is 1.81 bits per heavy atom. The van der Waals surface area contributed by atoms with Crippen molar-refractivity contribution in [3.63, 3.8) is 0 Å². The molecule has 42 heavy (non-hydrogen) atoms. The van der Waals surface area contributed by atoms with Crippen molar-refractivity contribution in [2.75, 3.05) is 6.61 Å². The molecular formula is C32H42O10. The van der Waals surface area contributed by atoms with Gasteiger partial charge in [-0.3, -0.25) is 14.4 Å². The van der Waals surface area contributed by atoms with Crippen LogP contribution in [0.4, 0.5) is 0 Å². The van der Waals surface area contributed by atoms with E-state index in [4.69, 9.17) is 18.9 Å². The minimum atomic E-state index is -1.85. The first-order valence-electron chi connectivity index (χ1n) is 15.1. The Morgan fingerprint density at radius 3 is 2.45 bits per heavy atom. The summed E-state index contributed by atoms with van der Waals surface area (Å²) in [7, 11) is 0. The third-order valence-electron chi connectivity index (χ3n) is 12.4. The zero-order valence-corrected chi connectivity index (χ0v) is 25.2. The van der Waals surface area contributed by atoms with E-state index >= 15 is 0 Å². The Kier molecular flexibility index (Phi) is 6.48. The first-order valence-corrected chi connectivity index (χ1v) is 15.1. The third kappa shape index (κ3) is 3.54. The van der Waals surface area contributed by atoms with Gasteiger partial charge in [0, 0.05) is 31.3 Å². The summed E-state index contributed by atoms with van der Waals surface area (Å²) in [5.41, 5.74) is -5.25. The second-order valence-corrected chi connectivity index (χ2v) is 14.0. The number of esters is 3. The molecule has 10 heteroatoms. The van der Waals surface area contributed by atoms with Gasteiger partial charge in [-0.15, -0.1) is 0 Å². The SMILES string of the molecule is CC(=O)OC[C@]12CC[C@H]3[C@@H](C[C@H]4O[C@]45[C@@H](OC(C)=O)C=CC(=O)[C@]35C)C1CC[C@@]2(O)C(C)(O)C1CC(C)=C(C)C(=O)O1. The highest BCUT2D eigenvalue weighted by Gasteiger charge is 2.83. The van der Waals surface area contributed by atoms with E-state index in [2.05, 4.69) is 0 Å². The van der Waals surface area contributed by atoms with Gasteiger partial charge >= 0.3 is 17.9 Å². The maximum absolute atomic E-state index is 13.7. The first kappa shape index (κ1) is 29.5. The van der Waals surface area contributed by atoms with Crippen molar-refractivity contribution >= 4 is 23.7 Å². The van der Waals surface area contributed by atoms with E-state index in [-0.39, 0.29) is 49.1 Å². The van der Waals surface area contributed by atoms with Crippen molar-refractivity contribution in [2.24, 2.45) is 28.6 Å². The largest absolute Gasteiger partial charge is 0.465 e. The molecule has 6 aliphatic rings. The number of hydrogen-bond donors (Lipinski definition) is 2. The second kappa shape index (κ2) is 9.22. The average molecular weight is 587 g/mol. The Balaban J connectivity index is 1.39. The minimum absolute atomic E-state index is 0.0670. The number of allylic oxidation sites excluding steroid dienone is 1. The average Bonchev–Trinajstić information content (AvgIpc) is 3.57. The number of cyclic esters (lactones) is 1. The molecule has 3 saturated carbocycles. The van der Waals surface area contributed by atoms with Crippen LogP contribution in [0.3, 0.4) is 0 Å². The van der Waals surface area contributed by atoms with E-state index in [0.29, 0.717) is 31.3 Å². The summed E-state index contributed by atoms with van der Waals surface area (Å²) in [6, 6.07) is 0. The van der Waals surface area contributed by atoms with E-state index in [1.54, 1.807) is 13.0 Å². The van der Waals surface area contributed by atoms with Gasteiger partial charge in [0.25, 0.3) is 0 Å². The fourth-order valence-electron chi connectivity index (χ4n) is 10.0. The Labute approximate surface area is 245 Å². The lowest BCUT2D eigenvalue weighted by atomic mass is 9.43. The Bertz CT molecular complexity index is 1310. The quantitative estimate of drug-likeness (QED) is 0.280. The first-order chi connectivity index (χ1) is 19.6. The number of hydrogen-bond acceptors (Lipinski definition) is 10. The molecule has 1 saturated heterocycles. The summed E-state index contributed by atoms with van der Waals surface area (Å²) >= 11 is 0. The highest BCUT2D eigenvalue weighted by atomic mass is 16.7. The van der Waals surface area contributed by atoms with E-state index < -0.39 is 57.7 Å². The number of aliphatic hydroxyl groups is 2. The number of carbonyl (C=O) groups excluding carboxylic acids is 4. The van der Waals surface area contributed by atoms with Crippen LogP contribution in [0.15, 0.2) is 23.3 Å². The van der Waals surface area contributed by atoms with Crippen molar-refractivity contribution in [2.45, 2.75) is 115 Å². The number of carbonyl (C=O) groups is 4. The molecule has 0 bridgehead atoms. The molecule has 2 N–H and O–H groups in total. The molecule has 4 aliphatic carbocycles. The monoisotopic (exact) mass is 586 g/mol. The molecule has 0 radical (unpaired) electrons. The van der Waals surface area contributed by atoms with Crippen molar-refractivity contribution in [1.29, 1.82) is 0 Å². The number of ketones is 1. The van der Waals surface area contributed by atoms with E-state index in [1.165, 1.54) is 26.8 Å². The fourth-order valence-corrected chi connectivity index (χ4v) is 10.0. The lowest BCUT2D eigenvalue weighted by Crippen LogP contribution is -2.71. The van der Waals surface area contributed by atoms with Gasteiger partial charge in [0.1, 0.15) is 29.5 Å². The molecule has 0 aromatic heterocycles. The van der Waals surface area contributed by atoms with Gasteiger partial charge < -0.3 is 29.2 Å². The van der Waals surface area contributed by atoms with Crippen LogP contribution < -0.4 is 0 Å². The van der Waals surface area contributed by atoms with Crippen molar-refractivity contribution in [1.82, 2.24) is 0 Å². The number of epoxide rings is 1. The second-order valence-electron chi connectivity index (χ2n) is 14.0. The lowest BCUT2D eigenvalue weighted by molar-refractivity contribution is -0.266. The lowest BCUT2D eigenvalue weighted by Gasteiger charge is -2.61. The molecule has 4 fully saturated rings. The third-order valence-corrected chi connectivity index (χ3v) is 12.4. The minimum Gasteiger partial charge on any atom is -0.465 e. The maximum Gasteiger partial charge on any atom is 0.334 e. The molecule has 0 aromatic rings. The van der Waals surface area contributed by atoms with Crippen LogP contribution in [0.2, 0.25) is 0 Å². The van der Waals surface area contributed by atoms with Crippen molar-refractivity contribution in [3.8, 4) is 0 Å².